The van der Waals surface area contributed by atoms with E-state index in [0.29, 0.717) is 0 Å². The largest absolute Gasteiger partial charge is 0.294 e. The lowest BCUT2D eigenvalue weighted by Crippen LogP contribution is -1.88. The van der Waals surface area contributed by atoms with Crippen LogP contribution in [0.4, 0.5) is 0 Å². The number of thioether (sulfide) groups is 1. The Labute approximate surface area is 94.4 Å². The fraction of sp³-hybridized carbons (Fsp3) is 0.333. The highest BCUT2D eigenvalue weighted by molar-refractivity contribution is 8.00. The molecule has 0 aromatic carbocycles. The maximum Gasteiger partial charge on any atom is 0.170 e. The van der Waals surface area contributed by atoms with Gasteiger partial charge in [0.25, 0.3) is 0 Å². The number of hydrogen-bond acceptors (Lipinski definition) is 5. The summed E-state index contributed by atoms with van der Waals surface area (Å²) in [5, 5.41) is 0. The normalized spacial score (nSPS) is 11.1. The van der Waals surface area contributed by atoms with Crippen LogP contribution in [-0.4, -0.2) is 17.0 Å². The standard InChI is InChI=1S/C9H9NOS3/c1-4-6(5(2)11)13-8-7(4)14-9(10-8)12-3/h1-3H3. The average molecular weight is 243 g/mol. The summed E-state index contributed by atoms with van der Waals surface area (Å²) in [5.41, 5.74) is 1.09. The van der Waals surface area contributed by atoms with Crippen molar-refractivity contribution in [2.24, 2.45) is 0 Å². The smallest absolute Gasteiger partial charge is 0.170 e. The van der Waals surface area contributed by atoms with E-state index in [9.17, 15) is 4.79 Å². The van der Waals surface area contributed by atoms with E-state index in [0.717, 1.165) is 19.6 Å². The first-order chi connectivity index (χ1) is 6.63. The summed E-state index contributed by atoms with van der Waals surface area (Å²) in [6.45, 7) is 3.61. The number of ketones is 1. The van der Waals surface area contributed by atoms with Crippen LogP contribution in [0.3, 0.4) is 0 Å². The molecule has 2 aromatic rings. The molecule has 2 rings (SSSR count). The predicted molar refractivity (Wildman–Crippen MR) is 64.0 cm³/mol. The van der Waals surface area contributed by atoms with Crippen molar-refractivity contribution in [1.82, 2.24) is 4.98 Å². The van der Waals surface area contributed by atoms with Crippen molar-refractivity contribution in [3.05, 3.63) is 10.4 Å². The summed E-state index contributed by atoms with van der Waals surface area (Å²) in [5.74, 6) is 0.142. The Bertz CT molecular complexity index is 497. The quantitative estimate of drug-likeness (QED) is 0.596. The zero-order valence-corrected chi connectivity index (χ0v) is 10.5. The van der Waals surface area contributed by atoms with E-state index < -0.39 is 0 Å². The van der Waals surface area contributed by atoms with Gasteiger partial charge >= 0.3 is 0 Å². The molecule has 14 heavy (non-hydrogen) atoms. The fourth-order valence-electron chi connectivity index (χ4n) is 1.29. The van der Waals surface area contributed by atoms with E-state index in [1.54, 1.807) is 30.0 Å². The van der Waals surface area contributed by atoms with Crippen LogP contribution in [0.2, 0.25) is 0 Å². The Morgan fingerprint density at radius 1 is 1.43 bits per heavy atom. The molecule has 0 saturated heterocycles. The predicted octanol–water partition coefficient (Wildman–Crippen LogP) is 3.59. The van der Waals surface area contributed by atoms with E-state index in [1.807, 2.05) is 13.2 Å². The third kappa shape index (κ3) is 1.49. The van der Waals surface area contributed by atoms with Gasteiger partial charge in [0.15, 0.2) is 10.1 Å². The summed E-state index contributed by atoms with van der Waals surface area (Å²) in [6, 6.07) is 0. The highest BCUT2D eigenvalue weighted by Crippen LogP contribution is 2.37. The molecule has 0 spiro atoms. The van der Waals surface area contributed by atoms with E-state index in [4.69, 9.17) is 0 Å². The Morgan fingerprint density at radius 2 is 2.14 bits per heavy atom. The molecule has 2 aromatic heterocycles. The molecular weight excluding hydrogens is 234 g/mol. The summed E-state index contributed by atoms with van der Waals surface area (Å²) in [6.07, 6.45) is 2.02. The third-order valence-electron chi connectivity index (χ3n) is 1.95. The van der Waals surface area contributed by atoms with Crippen LogP contribution in [0.15, 0.2) is 4.34 Å². The number of nitrogens with zero attached hydrogens (tertiary/aromatic N) is 1. The van der Waals surface area contributed by atoms with Crippen LogP contribution in [-0.2, 0) is 0 Å². The van der Waals surface area contributed by atoms with Gasteiger partial charge in [0, 0.05) is 0 Å². The van der Waals surface area contributed by atoms with Crippen LogP contribution in [0.1, 0.15) is 22.2 Å². The number of hydrogen-bond donors (Lipinski definition) is 0. The number of rotatable bonds is 2. The molecule has 0 unspecified atom stereocenters. The van der Waals surface area contributed by atoms with E-state index in [2.05, 4.69) is 4.98 Å². The number of aryl methyl sites for hydroxylation is 1. The van der Waals surface area contributed by atoms with Crippen molar-refractivity contribution >= 4 is 49.7 Å². The summed E-state index contributed by atoms with van der Waals surface area (Å²) in [7, 11) is 0. The molecule has 0 N–H and O–H groups in total. The fourth-order valence-corrected chi connectivity index (χ4v) is 4.16. The molecule has 5 heteroatoms. The van der Waals surface area contributed by atoms with Crippen molar-refractivity contribution in [2.75, 3.05) is 6.26 Å². The SMILES string of the molecule is CSc1nc2sc(C(C)=O)c(C)c2s1. The number of carbonyl (C=O) groups is 1. The van der Waals surface area contributed by atoms with Gasteiger partial charge in [-0.2, -0.15) is 0 Å². The first kappa shape index (κ1) is 10.1. The van der Waals surface area contributed by atoms with Crippen molar-refractivity contribution in [3.8, 4) is 0 Å². The monoisotopic (exact) mass is 243 g/mol. The lowest BCUT2D eigenvalue weighted by atomic mass is 10.2. The minimum absolute atomic E-state index is 0.142. The average Bonchev–Trinajstić information content (AvgIpc) is 2.65. The highest BCUT2D eigenvalue weighted by Gasteiger charge is 2.15. The molecule has 0 fully saturated rings. The number of carbonyl (C=O) groups excluding carboxylic acids is 1. The van der Waals surface area contributed by atoms with E-state index in [-0.39, 0.29) is 5.78 Å². The topological polar surface area (TPSA) is 30.0 Å². The van der Waals surface area contributed by atoms with E-state index in [1.165, 1.54) is 16.0 Å². The first-order valence-electron chi connectivity index (χ1n) is 4.08. The van der Waals surface area contributed by atoms with Crippen LogP contribution >= 0.6 is 34.4 Å². The van der Waals surface area contributed by atoms with Crippen LogP contribution in [0.25, 0.3) is 9.53 Å². The molecule has 2 heterocycles. The van der Waals surface area contributed by atoms with Gasteiger partial charge in [0.05, 0.1) is 9.58 Å². The van der Waals surface area contributed by atoms with E-state index >= 15 is 0 Å². The Hall–Kier alpha value is -0.390. The number of thiophene rings is 1. The summed E-state index contributed by atoms with van der Waals surface area (Å²) >= 11 is 4.83. The molecule has 74 valence electrons. The minimum Gasteiger partial charge on any atom is -0.294 e. The minimum atomic E-state index is 0.142. The van der Waals surface area contributed by atoms with Gasteiger partial charge in [-0.25, -0.2) is 4.98 Å². The van der Waals surface area contributed by atoms with Crippen LogP contribution < -0.4 is 0 Å². The zero-order chi connectivity index (χ0) is 10.3. The summed E-state index contributed by atoms with van der Waals surface area (Å²) in [4.78, 5) is 17.6. The molecule has 0 bridgehead atoms. The molecule has 2 nitrogen and oxygen atoms in total. The molecule has 0 saturated carbocycles. The second-order valence-electron chi connectivity index (χ2n) is 2.93. The molecule has 0 radical (unpaired) electrons. The van der Waals surface area contributed by atoms with Gasteiger partial charge in [0.1, 0.15) is 4.83 Å². The van der Waals surface area contributed by atoms with Gasteiger partial charge in [-0.1, -0.05) is 11.8 Å². The van der Waals surface area contributed by atoms with Gasteiger partial charge in [-0.3, -0.25) is 4.79 Å². The Kier molecular flexibility index (Phi) is 2.64. The maximum atomic E-state index is 11.3. The number of thiazole rings is 1. The Balaban J connectivity index is 2.66. The molecule has 0 aliphatic heterocycles. The lowest BCUT2D eigenvalue weighted by molar-refractivity contribution is 0.102. The van der Waals surface area contributed by atoms with Gasteiger partial charge in [0.2, 0.25) is 0 Å². The lowest BCUT2D eigenvalue weighted by Gasteiger charge is -1.90. The second-order valence-corrected chi connectivity index (χ2v) is 5.98. The number of aromatic nitrogens is 1. The second kappa shape index (κ2) is 3.64. The number of fused-ring (bicyclic) bond motifs is 1. The third-order valence-corrected chi connectivity index (χ3v) is 5.53. The van der Waals surface area contributed by atoms with Gasteiger partial charge in [-0.15, -0.1) is 22.7 Å². The van der Waals surface area contributed by atoms with Crippen molar-refractivity contribution in [1.29, 1.82) is 0 Å². The van der Waals surface area contributed by atoms with Gasteiger partial charge in [-0.05, 0) is 25.7 Å². The molecule has 0 aliphatic carbocycles. The van der Waals surface area contributed by atoms with Crippen molar-refractivity contribution < 1.29 is 4.79 Å². The molecule has 0 atom stereocenters. The number of Topliss-reactive ketones (excluding diaryl/α,β-unsaturated/α-hetero) is 1. The van der Waals surface area contributed by atoms with Crippen molar-refractivity contribution in [3.63, 3.8) is 0 Å². The molecular formula is C9H9NOS3. The van der Waals surface area contributed by atoms with Crippen molar-refractivity contribution in [2.45, 2.75) is 18.2 Å². The summed E-state index contributed by atoms with van der Waals surface area (Å²) < 4.78 is 2.24. The zero-order valence-electron chi connectivity index (χ0n) is 8.08. The van der Waals surface area contributed by atoms with Gasteiger partial charge < -0.3 is 0 Å². The Morgan fingerprint density at radius 3 is 2.64 bits per heavy atom. The first-order valence-corrected chi connectivity index (χ1v) is 6.94. The maximum absolute atomic E-state index is 11.3. The molecule has 0 amide bonds. The highest BCUT2D eigenvalue weighted by atomic mass is 32.2. The van der Waals surface area contributed by atoms with Crippen LogP contribution in [0.5, 0.6) is 0 Å². The van der Waals surface area contributed by atoms with Crippen LogP contribution in [0, 0.1) is 6.92 Å². The molecule has 0 aliphatic rings.